The summed E-state index contributed by atoms with van der Waals surface area (Å²) in [6.45, 7) is 2.40. The lowest BCUT2D eigenvalue weighted by molar-refractivity contribution is 0.582. The second-order valence-corrected chi connectivity index (χ2v) is 8.68. The Morgan fingerprint density at radius 2 is 2.00 bits per heavy atom. The Bertz CT molecular complexity index is 936. The highest BCUT2D eigenvalue weighted by Gasteiger charge is 2.21. The van der Waals surface area contributed by atoms with Gasteiger partial charge in [-0.15, -0.1) is 0 Å². The van der Waals surface area contributed by atoms with Crippen molar-refractivity contribution in [1.82, 2.24) is 19.5 Å². The number of aryl methyl sites for hydroxylation is 1. The maximum atomic E-state index is 12.5. The highest BCUT2D eigenvalue weighted by Crippen LogP contribution is 2.26. The molecule has 0 radical (unpaired) electrons. The van der Waals surface area contributed by atoms with E-state index < -0.39 is 10.0 Å². The first-order valence-electron chi connectivity index (χ1n) is 7.12. The molecule has 6 nitrogen and oxygen atoms in total. The Labute approximate surface area is 149 Å². The molecule has 0 aliphatic rings. The molecule has 0 saturated carbocycles. The van der Waals surface area contributed by atoms with Crippen molar-refractivity contribution >= 4 is 33.0 Å². The molecule has 3 rings (SSSR count). The summed E-state index contributed by atoms with van der Waals surface area (Å²) in [5.41, 5.74) is 2.30. The molecule has 9 heteroatoms. The minimum atomic E-state index is -3.65. The third kappa shape index (κ3) is 3.84. The van der Waals surface area contributed by atoms with E-state index in [0.29, 0.717) is 12.2 Å². The number of halogens is 1. The van der Waals surface area contributed by atoms with E-state index in [9.17, 15) is 8.42 Å². The maximum Gasteiger partial charge on any atom is 0.252 e. The van der Waals surface area contributed by atoms with Gasteiger partial charge in [0, 0.05) is 18.9 Å². The summed E-state index contributed by atoms with van der Waals surface area (Å²) in [6.07, 6.45) is 3.57. The molecule has 0 atom stereocenters. The first kappa shape index (κ1) is 17.1. The largest absolute Gasteiger partial charge is 0.268 e. The molecule has 1 aromatic carbocycles. The van der Waals surface area contributed by atoms with Crippen LogP contribution >= 0.6 is 22.9 Å². The zero-order chi connectivity index (χ0) is 17.2. The van der Waals surface area contributed by atoms with Crippen LogP contribution in [-0.2, 0) is 23.1 Å². The lowest BCUT2D eigenvalue weighted by atomic mass is 10.1. The van der Waals surface area contributed by atoms with Crippen LogP contribution in [0.5, 0.6) is 0 Å². The predicted molar refractivity (Wildman–Crippen MR) is 93.7 cm³/mol. The fraction of sp³-hybridized carbons (Fsp3) is 0.200. The Morgan fingerprint density at radius 1 is 1.25 bits per heavy atom. The second kappa shape index (κ2) is 7.02. The van der Waals surface area contributed by atoms with Crippen LogP contribution in [0.25, 0.3) is 0 Å². The molecular formula is C15H15ClN4O2S2. The van der Waals surface area contributed by atoms with Gasteiger partial charge in [-0.05, 0) is 24.1 Å². The van der Waals surface area contributed by atoms with Gasteiger partial charge in [0.25, 0.3) is 10.0 Å². The molecule has 0 unspecified atom stereocenters. The molecule has 0 fully saturated rings. The number of aromatic nitrogens is 3. The Balaban J connectivity index is 1.78. The van der Waals surface area contributed by atoms with E-state index in [2.05, 4.69) is 14.8 Å². The summed E-state index contributed by atoms with van der Waals surface area (Å²) in [6, 6.07) is 9.50. The number of thiazole rings is 1. The number of nitrogens with zero attached hydrogens (tertiary/aromatic N) is 3. The van der Waals surface area contributed by atoms with E-state index in [1.165, 1.54) is 0 Å². The van der Waals surface area contributed by atoms with Gasteiger partial charge in [-0.2, -0.15) is 5.10 Å². The number of sulfonamides is 1. The van der Waals surface area contributed by atoms with Crippen LogP contribution < -0.4 is 4.72 Å². The molecule has 126 valence electrons. The van der Waals surface area contributed by atoms with Gasteiger partial charge in [-0.3, -0.25) is 4.68 Å². The quantitative estimate of drug-likeness (QED) is 0.711. The van der Waals surface area contributed by atoms with Crippen LogP contribution in [0.4, 0.5) is 0 Å². The zero-order valence-corrected chi connectivity index (χ0v) is 15.2. The topological polar surface area (TPSA) is 76.9 Å². The Morgan fingerprint density at radius 3 is 2.62 bits per heavy atom. The zero-order valence-electron chi connectivity index (χ0n) is 12.8. The fourth-order valence-corrected chi connectivity index (χ4v) is 5.08. The van der Waals surface area contributed by atoms with Crippen molar-refractivity contribution < 1.29 is 8.42 Å². The van der Waals surface area contributed by atoms with E-state index in [4.69, 9.17) is 11.6 Å². The molecule has 1 N–H and O–H groups in total. The molecule has 3 aromatic rings. The summed E-state index contributed by atoms with van der Waals surface area (Å²) in [5, 5.41) is 4.18. The molecule has 2 heterocycles. The number of hydrogen-bond acceptors (Lipinski definition) is 5. The molecule has 0 saturated heterocycles. The molecule has 0 aliphatic heterocycles. The SMILES string of the molecule is Cc1nc(Cl)sc1S(=O)(=O)NCc1ccccc1Cn1cccn1. The molecule has 2 aromatic heterocycles. The number of benzene rings is 1. The minimum Gasteiger partial charge on any atom is -0.268 e. The average Bonchev–Trinajstić information content (AvgIpc) is 3.16. The molecule has 0 bridgehead atoms. The van der Waals surface area contributed by atoms with Gasteiger partial charge in [0.2, 0.25) is 0 Å². The van der Waals surface area contributed by atoms with Crippen LogP contribution in [-0.4, -0.2) is 23.2 Å². The van der Waals surface area contributed by atoms with Crippen molar-refractivity contribution in [2.24, 2.45) is 0 Å². The van der Waals surface area contributed by atoms with Crippen LogP contribution in [0.2, 0.25) is 4.47 Å². The van der Waals surface area contributed by atoms with E-state index in [1.54, 1.807) is 17.8 Å². The van der Waals surface area contributed by atoms with Crippen LogP contribution in [0.15, 0.2) is 46.9 Å². The monoisotopic (exact) mass is 382 g/mol. The summed E-state index contributed by atoms with van der Waals surface area (Å²) < 4.78 is 29.7. The first-order valence-corrected chi connectivity index (χ1v) is 9.80. The Kier molecular flexibility index (Phi) is 5.00. The summed E-state index contributed by atoms with van der Waals surface area (Å²) in [5.74, 6) is 0. The fourth-order valence-electron chi connectivity index (χ4n) is 2.29. The standard InChI is InChI=1S/C15H15ClN4O2S2/c1-11-14(23-15(16)19-11)24(21,22)18-9-12-5-2-3-6-13(12)10-20-8-4-7-17-20/h2-8,18H,9-10H2,1H3. The third-order valence-corrected chi connectivity index (χ3v) is 6.71. The van der Waals surface area contributed by atoms with Gasteiger partial charge < -0.3 is 0 Å². The second-order valence-electron chi connectivity index (χ2n) is 5.14. The average molecular weight is 383 g/mol. The van der Waals surface area contributed by atoms with Crippen molar-refractivity contribution in [3.8, 4) is 0 Å². The molecule has 24 heavy (non-hydrogen) atoms. The van der Waals surface area contributed by atoms with Gasteiger partial charge in [0.15, 0.2) is 8.68 Å². The maximum absolute atomic E-state index is 12.5. The van der Waals surface area contributed by atoms with E-state index in [-0.39, 0.29) is 15.2 Å². The van der Waals surface area contributed by atoms with Gasteiger partial charge in [-0.1, -0.05) is 47.2 Å². The first-order chi connectivity index (χ1) is 11.5. The molecule has 0 spiro atoms. The lowest BCUT2D eigenvalue weighted by Crippen LogP contribution is -2.24. The summed E-state index contributed by atoms with van der Waals surface area (Å²) >= 11 is 6.75. The van der Waals surface area contributed by atoms with Crippen LogP contribution in [0, 0.1) is 6.92 Å². The van der Waals surface area contributed by atoms with Gasteiger partial charge in [0.05, 0.1) is 12.2 Å². The van der Waals surface area contributed by atoms with Crippen molar-refractivity contribution in [3.05, 3.63) is 64.0 Å². The van der Waals surface area contributed by atoms with E-state index >= 15 is 0 Å². The normalized spacial score (nSPS) is 11.8. The third-order valence-electron chi connectivity index (χ3n) is 3.43. The summed E-state index contributed by atoms with van der Waals surface area (Å²) in [7, 11) is -3.65. The molecule has 0 aliphatic carbocycles. The minimum absolute atomic E-state index is 0.150. The van der Waals surface area contributed by atoms with Crippen molar-refractivity contribution in [2.75, 3.05) is 0 Å². The van der Waals surface area contributed by atoms with E-state index in [0.717, 1.165) is 22.5 Å². The van der Waals surface area contributed by atoms with Crippen LogP contribution in [0.1, 0.15) is 16.8 Å². The summed E-state index contributed by atoms with van der Waals surface area (Å²) in [4.78, 5) is 3.95. The van der Waals surface area contributed by atoms with Crippen molar-refractivity contribution in [2.45, 2.75) is 24.2 Å². The Hall–Kier alpha value is -1.74. The number of rotatable bonds is 6. The van der Waals surface area contributed by atoms with E-state index in [1.807, 2.05) is 36.5 Å². The molecule has 0 amide bonds. The molecular weight excluding hydrogens is 368 g/mol. The van der Waals surface area contributed by atoms with Gasteiger partial charge >= 0.3 is 0 Å². The number of nitrogens with one attached hydrogen (secondary N) is 1. The van der Waals surface area contributed by atoms with Crippen LogP contribution in [0.3, 0.4) is 0 Å². The van der Waals surface area contributed by atoms with Crippen molar-refractivity contribution in [1.29, 1.82) is 0 Å². The number of hydrogen-bond donors (Lipinski definition) is 1. The predicted octanol–water partition coefficient (Wildman–Crippen LogP) is 2.83. The smallest absolute Gasteiger partial charge is 0.252 e. The van der Waals surface area contributed by atoms with Gasteiger partial charge in [0.1, 0.15) is 0 Å². The van der Waals surface area contributed by atoms with Crippen molar-refractivity contribution in [3.63, 3.8) is 0 Å². The van der Waals surface area contributed by atoms with Gasteiger partial charge in [-0.25, -0.2) is 18.1 Å². The highest BCUT2D eigenvalue weighted by molar-refractivity contribution is 7.91. The lowest BCUT2D eigenvalue weighted by Gasteiger charge is -2.11. The highest BCUT2D eigenvalue weighted by atomic mass is 35.5.